The lowest BCUT2D eigenvalue weighted by atomic mass is 9.74. The molecule has 0 N–H and O–H groups in total. The van der Waals surface area contributed by atoms with E-state index >= 15 is 0 Å². The maximum atomic E-state index is 13.4. The molecule has 3 rings (SSSR count). The summed E-state index contributed by atoms with van der Waals surface area (Å²) in [6.07, 6.45) is 0.315. The molecule has 1 aromatic carbocycles. The van der Waals surface area contributed by atoms with Crippen LogP contribution in [0.25, 0.3) is 0 Å². The number of ketones is 1. The van der Waals surface area contributed by atoms with Gasteiger partial charge in [0.05, 0.1) is 0 Å². The molecule has 2 saturated heterocycles. The summed E-state index contributed by atoms with van der Waals surface area (Å²) in [5, 5.41) is 0. The van der Waals surface area contributed by atoms with Gasteiger partial charge in [0.25, 0.3) is 0 Å². The van der Waals surface area contributed by atoms with Crippen LogP contribution >= 0.6 is 0 Å². The van der Waals surface area contributed by atoms with Crippen LogP contribution in [-0.2, 0) is 14.3 Å². The highest BCUT2D eigenvalue weighted by Gasteiger charge is 2.59. The van der Waals surface area contributed by atoms with Crippen molar-refractivity contribution >= 4 is 17.8 Å². The lowest BCUT2D eigenvalue weighted by Gasteiger charge is -2.37. The fourth-order valence-electron chi connectivity index (χ4n) is 4.05. The molecule has 1 spiro atoms. The van der Waals surface area contributed by atoms with Crippen LogP contribution in [0.3, 0.4) is 0 Å². The summed E-state index contributed by atoms with van der Waals surface area (Å²) in [6, 6.07) is 8.93. The van der Waals surface area contributed by atoms with Crippen molar-refractivity contribution in [1.82, 2.24) is 9.80 Å². The van der Waals surface area contributed by atoms with Crippen LogP contribution in [0.1, 0.15) is 52.1 Å². The van der Waals surface area contributed by atoms with Gasteiger partial charge in [0, 0.05) is 19.6 Å². The van der Waals surface area contributed by atoms with E-state index < -0.39 is 17.1 Å². The Morgan fingerprint density at radius 1 is 1.15 bits per heavy atom. The van der Waals surface area contributed by atoms with Crippen LogP contribution in [0.2, 0.25) is 0 Å². The molecule has 0 bridgehead atoms. The minimum atomic E-state index is -1.02. The molecule has 1 aromatic rings. The minimum absolute atomic E-state index is 0.0376. The van der Waals surface area contributed by atoms with Crippen LogP contribution in [0.4, 0.5) is 4.79 Å². The predicted molar refractivity (Wildman–Crippen MR) is 101 cm³/mol. The molecule has 0 saturated carbocycles. The van der Waals surface area contributed by atoms with Crippen LogP contribution in [0, 0.1) is 5.41 Å². The first-order valence-corrected chi connectivity index (χ1v) is 9.58. The van der Waals surface area contributed by atoms with Crippen molar-refractivity contribution in [3.8, 4) is 0 Å². The first-order valence-electron chi connectivity index (χ1n) is 9.58. The second-order valence-corrected chi connectivity index (χ2v) is 8.32. The highest BCUT2D eigenvalue weighted by Crippen LogP contribution is 2.47. The number of Topliss-reactive ketones (excluding diaryl/α,β-unsaturated/α-hetero) is 1. The smallest absolute Gasteiger partial charge is 0.410 e. The summed E-state index contributed by atoms with van der Waals surface area (Å²) < 4.78 is 5.42. The number of amides is 2. The van der Waals surface area contributed by atoms with Crippen LogP contribution in [-0.4, -0.2) is 52.8 Å². The molecule has 0 aromatic heterocycles. The first kappa shape index (κ1) is 19.4. The topological polar surface area (TPSA) is 66.9 Å². The molecule has 146 valence electrons. The molecule has 2 heterocycles. The van der Waals surface area contributed by atoms with Crippen LogP contribution in [0.15, 0.2) is 30.3 Å². The van der Waals surface area contributed by atoms with E-state index in [-0.39, 0.29) is 17.8 Å². The number of benzene rings is 1. The fourth-order valence-corrected chi connectivity index (χ4v) is 4.05. The Balaban J connectivity index is 1.80. The number of hydrogen-bond donors (Lipinski definition) is 0. The number of piperidine rings is 1. The molecule has 2 aliphatic heterocycles. The zero-order chi connectivity index (χ0) is 19.8. The molecule has 1 atom stereocenters. The summed E-state index contributed by atoms with van der Waals surface area (Å²) in [5.41, 5.74) is -0.735. The summed E-state index contributed by atoms with van der Waals surface area (Å²) in [4.78, 5) is 42.1. The number of rotatable bonds is 2. The molecule has 1 unspecified atom stereocenters. The van der Waals surface area contributed by atoms with Crippen molar-refractivity contribution in [2.24, 2.45) is 5.41 Å². The fraction of sp³-hybridized carbons (Fsp3) is 0.571. The third-order valence-electron chi connectivity index (χ3n) is 5.43. The Kier molecular flexibility index (Phi) is 5.02. The molecule has 6 nitrogen and oxygen atoms in total. The highest BCUT2D eigenvalue weighted by atomic mass is 16.6. The summed E-state index contributed by atoms with van der Waals surface area (Å²) in [6.45, 7) is 8.56. The molecule has 0 aliphatic carbocycles. The maximum absolute atomic E-state index is 13.4. The number of likely N-dealkylation sites (N-methyl/N-ethyl adjacent to an activating group) is 1. The van der Waals surface area contributed by atoms with Crippen LogP contribution in [0.5, 0.6) is 0 Å². The van der Waals surface area contributed by atoms with Gasteiger partial charge in [0.2, 0.25) is 5.91 Å². The number of carbonyl (C=O) groups excluding carboxylic acids is 3. The second kappa shape index (κ2) is 6.98. The average Bonchev–Trinajstić information content (AvgIpc) is 2.83. The number of hydrogen-bond acceptors (Lipinski definition) is 4. The Hall–Kier alpha value is -2.37. The summed E-state index contributed by atoms with van der Waals surface area (Å²) in [5.74, 6) is -0.142. The van der Waals surface area contributed by atoms with E-state index in [1.54, 1.807) is 9.80 Å². The van der Waals surface area contributed by atoms with Gasteiger partial charge in [0.1, 0.15) is 17.1 Å². The van der Waals surface area contributed by atoms with E-state index in [4.69, 9.17) is 4.74 Å². The number of ether oxygens (including phenoxy) is 1. The Morgan fingerprint density at radius 3 is 2.26 bits per heavy atom. The largest absolute Gasteiger partial charge is 0.444 e. The quantitative estimate of drug-likeness (QED) is 0.748. The third-order valence-corrected chi connectivity index (χ3v) is 5.43. The molecule has 27 heavy (non-hydrogen) atoms. The molecular formula is C21H28N2O4. The van der Waals surface area contributed by atoms with E-state index in [0.717, 1.165) is 5.56 Å². The van der Waals surface area contributed by atoms with Gasteiger partial charge in [-0.05, 0) is 46.1 Å². The highest BCUT2D eigenvalue weighted by molar-refractivity contribution is 6.14. The Bertz CT molecular complexity index is 730. The SMILES string of the molecule is CCN1C(=O)C2(CCN(C(=O)OC(C)(C)C)CC2)C(=O)C1c1ccccc1. The number of carbonyl (C=O) groups is 3. The Labute approximate surface area is 160 Å². The van der Waals surface area contributed by atoms with Crippen molar-refractivity contribution in [3.05, 3.63) is 35.9 Å². The van der Waals surface area contributed by atoms with Crippen molar-refractivity contribution in [3.63, 3.8) is 0 Å². The third kappa shape index (κ3) is 3.45. The maximum Gasteiger partial charge on any atom is 0.410 e. The molecule has 0 radical (unpaired) electrons. The zero-order valence-corrected chi connectivity index (χ0v) is 16.5. The van der Waals surface area contributed by atoms with Crippen molar-refractivity contribution < 1.29 is 19.1 Å². The first-order chi connectivity index (χ1) is 12.7. The van der Waals surface area contributed by atoms with E-state index in [2.05, 4.69) is 0 Å². The van der Waals surface area contributed by atoms with Crippen molar-refractivity contribution in [2.75, 3.05) is 19.6 Å². The van der Waals surface area contributed by atoms with Crippen molar-refractivity contribution in [2.45, 2.75) is 52.2 Å². The average molecular weight is 372 g/mol. The standard InChI is InChI=1S/C21H28N2O4/c1-5-23-16(15-9-7-6-8-10-15)17(24)21(18(23)25)11-13-22(14-12-21)19(26)27-20(2,3)4/h6-10,16H,5,11-14H2,1-4H3. The molecular weight excluding hydrogens is 344 g/mol. The van der Waals surface area contributed by atoms with Gasteiger partial charge in [0.15, 0.2) is 5.78 Å². The van der Waals surface area contributed by atoms with Gasteiger partial charge in [-0.2, -0.15) is 0 Å². The van der Waals surface area contributed by atoms with E-state index in [0.29, 0.717) is 32.5 Å². The molecule has 2 aliphatic rings. The Morgan fingerprint density at radius 2 is 1.74 bits per heavy atom. The summed E-state index contributed by atoms with van der Waals surface area (Å²) in [7, 11) is 0. The summed E-state index contributed by atoms with van der Waals surface area (Å²) >= 11 is 0. The monoisotopic (exact) mass is 372 g/mol. The van der Waals surface area contributed by atoms with E-state index in [1.807, 2.05) is 58.0 Å². The predicted octanol–water partition coefficient (Wildman–Crippen LogP) is 3.18. The van der Waals surface area contributed by atoms with Gasteiger partial charge in [-0.1, -0.05) is 30.3 Å². The second-order valence-electron chi connectivity index (χ2n) is 8.32. The molecule has 2 fully saturated rings. The van der Waals surface area contributed by atoms with Gasteiger partial charge < -0.3 is 14.5 Å². The van der Waals surface area contributed by atoms with Crippen LogP contribution < -0.4 is 0 Å². The van der Waals surface area contributed by atoms with Crippen molar-refractivity contribution in [1.29, 1.82) is 0 Å². The number of nitrogens with zero attached hydrogens (tertiary/aromatic N) is 2. The van der Waals surface area contributed by atoms with Gasteiger partial charge >= 0.3 is 6.09 Å². The normalized spacial score (nSPS) is 22.4. The molecule has 2 amide bonds. The molecule has 6 heteroatoms. The lowest BCUT2D eigenvalue weighted by Crippen LogP contribution is -2.49. The van der Waals surface area contributed by atoms with Gasteiger partial charge in [-0.3, -0.25) is 9.59 Å². The minimum Gasteiger partial charge on any atom is -0.444 e. The lowest BCUT2D eigenvalue weighted by molar-refractivity contribution is -0.142. The zero-order valence-electron chi connectivity index (χ0n) is 16.5. The van der Waals surface area contributed by atoms with E-state index in [9.17, 15) is 14.4 Å². The number of likely N-dealkylation sites (tertiary alicyclic amines) is 2. The van der Waals surface area contributed by atoms with Gasteiger partial charge in [-0.25, -0.2) is 4.79 Å². The van der Waals surface area contributed by atoms with Gasteiger partial charge in [-0.15, -0.1) is 0 Å². The van der Waals surface area contributed by atoms with E-state index in [1.165, 1.54) is 0 Å².